The van der Waals surface area contributed by atoms with Gasteiger partial charge in [0.15, 0.2) is 0 Å². The van der Waals surface area contributed by atoms with E-state index in [1.54, 1.807) is 27.0 Å². The summed E-state index contributed by atoms with van der Waals surface area (Å²) < 4.78 is 37.5. The van der Waals surface area contributed by atoms with Crippen LogP contribution in [-0.4, -0.2) is 34.6 Å². The van der Waals surface area contributed by atoms with Gasteiger partial charge < -0.3 is 9.47 Å². The van der Waals surface area contributed by atoms with E-state index in [9.17, 15) is 13.2 Å². The second-order valence-electron chi connectivity index (χ2n) is 5.71. The summed E-state index contributed by atoms with van der Waals surface area (Å²) in [5.41, 5.74) is 0.889. The van der Waals surface area contributed by atoms with Crippen molar-refractivity contribution in [2.75, 3.05) is 14.2 Å². The van der Waals surface area contributed by atoms with E-state index in [-0.39, 0.29) is 10.1 Å². The fraction of sp³-hybridized carbons (Fsp3) is 0.353. The van der Waals surface area contributed by atoms with Crippen molar-refractivity contribution < 1.29 is 22.7 Å². The summed E-state index contributed by atoms with van der Waals surface area (Å²) in [4.78, 5) is 12.6. The van der Waals surface area contributed by atoms with E-state index >= 15 is 0 Å². The molecule has 0 aliphatic heterocycles. The lowest BCUT2D eigenvalue weighted by Gasteiger charge is -2.19. The van der Waals surface area contributed by atoms with Gasteiger partial charge in [-0.15, -0.1) is 11.3 Å². The van der Waals surface area contributed by atoms with Crippen molar-refractivity contribution in [3.63, 3.8) is 0 Å². The van der Waals surface area contributed by atoms with Crippen molar-refractivity contribution in [3.8, 4) is 16.2 Å². The monoisotopic (exact) mass is 383 g/mol. The maximum absolute atomic E-state index is 12.6. The minimum atomic E-state index is -3.82. The summed E-state index contributed by atoms with van der Waals surface area (Å²) in [7, 11) is -0.995. The summed E-state index contributed by atoms with van der Waals surface area (Å²) >= 11 is 1.14. The fourth-order valence-electron chi connectivity index (χ4n) is 2.18. The van der Waals surface area contributed by atoms with Crippen LogP contribution in [0.1, 0.15) is 13.8 Å². The number of hydrogen-bond acceptors (Lipinski definition) is 6. The van der Waals surface area contributed by atoms with Crippen LogP contribution in [0.5, 0.6) is 5.75 Å². The van der Waals surface area contributed by atoms with Crippen LogP contribution in [0.3, 0.4) is 0 Å². The van der Waals surface area contributed by atoms with Crippen LogP contribution in [0.4, 0.5) is 0 Å². The Bertz CT molecular complexity index is 825. The van der Waals surface area contributed by atoms with Crippen molar-refractivity contribution >= 4 is 27.3 Å². The lowest BCUT2D eigenvalue weighted by Crippen LogP contribution is -2.44. The normalized spacial score (nSPS) is 12.8. The molecule has 0 fully saturated rings. The zero-order valence-electron chi connectivity index (χ0n) is 14.5. The Morgan fingerprint density at radius 2 is 1.72 bits per heavy atom. The molecule has 0 bridgehead atoms. The number of benzene rings is 1. The minimum Gasteiger partial charge on any atom is -0.497 e. The molecule has 0 aliphatic carbocycles. The molecule has 2 rings (SSSR count). The van der Waals surface area contributed by atoms with E-state index in [1.165, 1.54) is 13.2 Å². The maximum atomic E-state index is 12.6. The Balaban J connectivity index is 2.25. The Labute approximate surface area is 151 Å². The van der Waals surface area contributed by atoms with Crippen LogP contribution in [-0.2, 0) is 19.6 Å². The van der Waals surface area contributed by atoms with Gasteiger partial charge in [0.2, 0.25) is 0 Å². The van der Waals surface area contributed by atoms with Crippen molar-refractivity contribution in [1.82, 2.24) is 4.72 Å². The molecule has 1 aromatic carbocycles. The van der Waals surface area contributed by atoms with Crippen molar-refractivity contribution in [2.45, 2.75) is 24.1 Å². The van der Waals surface area contributed by atoms with Crippen LogP contribution >= 0.6 is 11.3 Å². The van der Waals surface area contributed by atoms with Gasteiger partial charge in [0.25, 0.3) is 10.0 Å². The van der Waals surface area contributed by atoms with Crippen LogP contribution in [0.2, 0.25) is 0 Å². The van der Waals surface area contributed by atoms with Gasteiger partial charge in [0, 0.05) is 4.88 Å². The SMILES string of the molecule is COC(=O)[C@H](NS(=O)(=O)c1ccc(-c2ccc(OC)cc2)s1)C(C)C. The summed E-state index contributed by atoms with van der Waals surface area (Å²) in [6, 6.07) is 9.69. The predicted octanol–water partition coefficient (Wildman–Crippen LogP) is 2.90. The van der Waals surface area contributed by atoms with E-state index in [0.717, 1.165) is 27.5 Å². The van der Waals surface area contributed by atoms with E-state index in [1.807, 2.05) is 24.3 Å². The second-order valence-corrected chi connectivity index (χ2v) is 8.74. The Morgan fingerprint density at radius 3 is 2.24 bits per heavy atom. The van der Waals surface area contributed by atoms with Crippen LogP contribution in [0.25, 0.3) is 10.4 Å². The summed E-state index contributed by atoms with van der Waals surface area (Å²) in [6.45, 7) is 3.50. The van der Waals surface area contributed by atoms with Crippen LogP contribution in [0, 0.1) is 5.92 Å². The third-order valence-corrected chi connectivity index (χ3v) is 6.69. The third-order valence-electron chi connectivity index (χ3n) is 3.62. The first kappa shape index (κ1) is 19.4. The smallest absolute Gasteiger partial charge is 0.324 e. The Morgan fingerprint density at radius 1 is 1.08 bits per heavy atom. The fourth-order valence-corrected chi connectivity index (χ4v) is 4.84. The lowest BCUT2D eigenvalue weighted by molar-refractivity contribution is -0.143. The number of hydrogen-bond donors (Lipinski definition) is 1. The average Bonchev–Trinajstić information content (AvgIpc) is 3.10. The molecule has 2 aromatic rings. The molecule has 8 heteroatoms. The van der Waals surface area contributed by atoms with Gasteiger partial charge in [-0.1, -0.05) is 13.8 Å². The average molecular weight is 383 g/mol. The molecular weight excluding hydrogens is 362 g/mol. The van der Waals surface area contributed by atoms with Gasteiger partial charge >= 0.3 is 5.97 Å². The van der Waals surface area contributed by atoms with E-state index in [4.69, 9.17) is 4.74 Å². The zero-order chi connectivity index (χ0) is 18.6. The molecule has 1 atom stereocenters. The molecule has 0 unspecified atom stereocenters. The predicted molar refractivity (Wildman–Crippen MR) is 97.3 cm³/mol. The van der Waals surface area contributed by atoms with Gasteiger partial charge in [-0.3, -0.25) is 4.79 Å². The van der Waals surface area contributed by atoms with Crippen LogP contribution in [0.15, 0.2) is 40.6 Å². The number of rotatable bonds is 7. The van der Waals surface area contributed by atoms with Gasteiger partial charge in [-0.05, 0) is 47.9 Å². The molecule has 1 aromatic heterocycles. The molecular formula is C17H21NO5S2. The summed E-state index contributed by atoms with van der Waals surface area (Å²) in [5, 5.41) is 0. The summed E-state index contributed by atoms with van der Waals surface area (Å²) in [5.74, 6) is -0.110. The number of carbonyl (C=O) groups is 1. The zero-order valence-corrected chi connectivity index (χ0v) is 16.1. The topological polar surface area (TPSA) is 81.7 Å². The standard InChI is InChI=1S/C17H21NO5S2/c1-11(2)16(17(19)23-4)18-25(20,21)15-10-9-14(24-15)12-5-7-13(22-3)8-6-12/h5-11,16,18H,1-4H3/t16-/m1/s1. The van der Waals surface area contributed by atoms with E-state index < -0.39 is 22.0 Å². The van der Waals surface area contributed by atoms with Crippen molar-refractivity contribution in [2.24, 2.45) is 5.92 Å². The minimum absolute atomic E-state index is 0.146. The molecule has 0 saturated heterocycles. The number of esters is 1. The molecule has 0 radical (unpaired) electrons. The highest BCUT2D eigenvalue weighted by molar-refractivity contribution is 7.91. The molecule has 25 heavy (non-hydrogen) atoms. The highest BCUT2D eigenvalue weighted by atomic mass is 32.2. The van der Waals surface area contributed by atoms with Gasteiger partial charge in [-0.25, -0.2) is 8.42 Å². The number of sulfonamides is 1. The lowest BCUT2D eigenvalue weighted by atomic mass is 10.1. The second kappa shape index (κ2) is 7.99. The molecule has 0 amide bonds. The first-order valence-electron chi connectivity index (χ1n) is 7.63. The number of carbonyl (C=O) groups excluding carboxylic acids is 1. The van der Waals surface area contributed by atoms with Crippen LogP contribution < -0.4 is 9.46 Å². The number of methoxy groups -OCH3 is 2. The number of nitrogens with one attached hydrogen (secondary N) is 1. The van der Waals surface area contributed by atoms with E-state index in [2.05, 4.69) is 9.46 Å². The highest BCUT2D eigenvalue weighted by Gasteiger charge is 2.29. The Kier molecular flexibility index (Phi) is 6.21. The molecule has 0 spiro atoms. The first-order valence-corrected chi connectivity index (χ1v) is 9.93. The quantitative estimate of drug-likeness (QED) is 0.744. The van der Waals surface area contributed by atoms with Crippen molar-refractivity contribution in [3.05, 3.63) is 36.4 Å². The largest absolute Gasteiger partial charge is 0.497 e. The molecule has 0 aliphatic rings. The highest BCUT2D eigenvalue weighted by Crippen LogP contribution is 2.32. The summed E-state index contributed by atoms with van der Waals surface area (Å²) in [6.07, 6.45) is 0. The van der Waals surface area contributed by atoms with Gasteiger partial charge in [-0.2, -0.15) is 4.72 Å². The molecule has 136 valence electrons. The molecule has 1 N–H and O–H groups in total. The van der Waals surface area contributed by atoms with Gasteiger partial charge in [0.1, 0.15) is 16.0 Å². The molecule has 1 heterocycles. The number of thiophene rings is 1. The first-order chi connectivity index (χ1) is 11.8. The maximum Gasteiger partial charge on any atom is 0.324 e. The Hall–Kier alpha value is -1.90. The molecule has 0 saturated carbocycles. The third kappa shape index (κ3) is 4.59. The van der Waals surface area contributed by atoms with Crippen molar-refractivity contribution in [1.29, 1.82) is 0 Å². The van der Waals surface area contributed by atoms with E-state index in [0.29, 0.717) is 0 Å². The number of ether oxygens (including phenoxy) is 2. The van der Waals surface area contributed by atoms with Gasteiger partial charge in [0.05, 0.1) is 14.2 Å². The molecule has 6 nitrogen and oxygen atoms in total.